The highest BCUT2D eigenvalue weighted by Crippen LogP contribution is 2.40. The number of hydrogen-bond donors (Lipinski definition) is 1. The van der Waals surface area contributed by atoms with E-state index in [0.29, 0.717) is 0 Å². The van der Waals surface area contributed by atoms with Gasteiger partial charge in [0.25, 0.3) is 0 Å². The maximum absolute atomic E-state index is 5.59. The first-order valence-corrected chi connectivity index (χ1v) is 7.90. The number of rotatable bonds is 7. The molecule has 1 aliphatic carbocycles. The molecule has 2 aromatic rings. The van der Waals surface area contributed by atoms with Crippen LogP contribution in [0.15, 0.2) is 48.5 Å². The fourth-order valence-corrected chi connectivity index (χ4v) is 2.47. The van der Waals surface area contributed by atoms with Crippen molar-refractivity contribution in [3.05, 3.63) is 59.7 Å². The molecule has 2 heteroatoms. The number of hydrogen-bond acceptors (Lipinski definition) is 2. The SMILES string of the molecule is CCCOc1ccc(NCc2cccc(C3CC3)c2)cc1. The Bertz CT molecular complexity index is 572. The molecule has 21 heavy (non-hydrogen) atoms. The van der Waals surface area contributed by atoms with Crippen LogP contribution in [0.4, 0.5) is 5.69 Å². The van der Waals surface area contributed by atoms with Crippen molar-refractivity contribution in [2.45, 2.75) is 38.6 Å². The quantitative estimate of drug-likeness (QED) is 0.774. The molecular formula is C19H23NO. The minimum absolute atomic E-state index is 0.779. The van der Waals surface area contributed by atoms with E-state index < -0.39 is 0 Å². The lowest BCUT2D eigenvalue weighted by Crippen LogP contribution is -2.00. The Balaban J connectivity index is 1.55. The summed E-state index contributed by atoms with van der Waals surface area (Å²) in [7, 11) is 0. The van der Waals surface area contributed by atoms with Crippen molar-refractivity contribution in [2.24, 2.45) is 0 Å². The van der Waals surface area contributed by atoms with E-state index in [-0.39, 0.29) is 0 Å². The molecular weight excluding hydrogens is 258 g/mol. The van der Waals surface area contributed by atoms with Gasteiger partial charge in [-0.3, -0.25) is 0 Å². The van der Waals surface area contributed by atoms with Crippen LogP contribution in [-0.4, -0.2) is 6.61 Å². The molecule has 1 N–H and O–H groups in total. The predicted octanol–water partition coefficient (Wildman–Crippen LogP) is 4.96. The molecule has 0 atom stereocenters. The van der Waals surface area contributed by atoms with E-state index in [2.05, 4.69) is 48.6 Å². The van der Waals surface area contributed by atoms with Crippen molar-refractivity contribution in [2.75, 3.05) is 11.9 Å². The van der Waals surface area contributed by atoms with Crippen LogP contribution < -0.4 is 10.1 Å². The largest absolute Gasteiger partial charge is 0.494 e. The molecule has 0 bridgehead atoms. The Morgan fingerprint density at radius 2 is 1.90 bits per heavy atom. The van der Waals surface area contributed by atoms with Gasteiger partial charge in [0.2, 0.25) is 0 Å². The molecule has 1 aliphatic rings. The number of anilines is 1. The highest BCUT2D eigenvalue weighted by Gasteiger charge is 2.23. The maximum Gasteiger partial charge on any atom is 0.119 e. The number of nitrogens with one attached hydrogen (secondary N) is 1. The fourth-order valence-electron chi connectivity index (χ4n) is 2.47. The molecule has 0 heterocycles. The van der Waals surface area contributed by atoms with Crippen LogP contribution in [0, 0.1) is 0 Å². The Morgan fingerprint density at radius 1 is 1.10 bits per heavy atom. The van der Waals surface area contributed by atoms with Gasteiger partial charge in [0, 0.05) is 12.2 Å². The molecule has 0 spiro atoms. The molecule has 1 saturated carbocycles. The predicted molar refractivity (Wildman–Crippen MR) is 88.0 cm³/mol. The Kier molecular flexibility index (Phi) is 4.44. The molecule has 1 fully saturated rings. The lowest BCUT2D eigenvalue weighted by molar-refractivity contribution is 0.317. The summed E-state index contributed by atoms with van der Waals surface area (Å²) in [6, 6.07) is 17.2. The van der Waals surface area contributed by atoms with E-state index in [9.17, 15) is 0 Å². The van der Waals surface area contributed by atoms with E-state index in [1.54, 1.807) is 0 Å². The molecule has 0 aliphatic heterocycles. The highest BCUT2D eigenvalue weighted by atomic mass is 16.5. The van der Waals surface area contributed by atoms with Gasteiger partial charge >= 0.3 is 0 Å². The molecule has 0 radical (unpaired) electrons. The summed E-state index contributed by atoms with van der Waals surface area (Å²) in [6.45, 7) is 3.77. The van der Waals surface area contributed by atoms with Gasteiger partial charge in [-0.25, -0.2) is 0 Å². The molecule has 2 nitrogen and oxygen atoms in total. The Labute approximate surface area is 127 Å². The van der Waals surface area contributed by atoms with Gasteiger partial charge in [0.1, 0.15) is 5.75 Å². The molecule has 0 unspecified atom stereocenters. The molecule has 0 amide bonds. The van der Waals surface area contributed by atoms with Gasteiger partial charge < -0.3 is 10.1 Å². The van der Waals surface area contributed by atoms with Crippen molar-refractivity contribution in [1.82, 2.24) is 0 Å². The third kappa shape index (κ3) is 4.01. The molecule has 110 valence electrons. The van der Waals surface area contributed by atoms with Crippen LogP contribution in [0.5, 0.6) is 5.75 Å². The van der Waals surface area contributed by atoms with Gasteiger partial charge in [-0.15, -0.1) is 0 Å². The van der Waals surface area contributed by atoms with E-state index in [1.807, 2.05) is 12.1 Å². The van der Waals surface area contributed by atoms with Gasteiger partial charge in [0.05, 0.1) is 6.61 Å². The molecule has 3 rings (SSSR count). The highest BCUT2D eigenvalue weighted by molar-refractivity contribution is 5.47. The maximum atomic E-state index is 5.59. The first-order chi connectivity index (χ1) is 10.3. The zero-order valence-electron chi connectivity index (χ0n) is 12.6. The Hall–Kier alpha value is -1.96. The second-order valence-electron chi connectivity index (χ2n) is 5.75. The van der Waals surface area contributed by atoms with Crippen LogP contribution in [0.3, 0.4) is 0 Å². The summed E-state index contributed by atoms with van der Waals surface area (Å²) in [5.41, 5.74) is 3.99. The fraction of sp³-hybridized carbons (Fsp3) is 0.368. The van der Waals surface area contributed by atoms with Crippen LogP contribution in [0.25, 0.3) is 0 Å². The first kappa shape index (κ1) is 14.0. The molecule has 0 aromatic heterocycles. The molecule has 2 aromatic carbocycles. The normalized spacial score (nSPS) is 14.0. The van der Waals surface area contributed by atoms with Crippen molar-refractivity contribution >= 4 is 5.69 Å². The minimum atomic E-state index is 0.779. The van der Waals surface area contributed by atoms with E-state index >= 15 is 0 Å². The monoisotopic (exact) mass is 281 g/mol. The van der Waals surface area contributed by atoms with Gasteiger partial charge in [0.15, 0.2) is 0 Å². The van der Waals surface area contributed by atoms with Crippen LogP contribution >= 0.6 is 0 Å². The third-order valence-electron chi connectivity index (χ3n) is 3.82. The minimum Gasteiger partial charge on any atom is -0.494 e. The Morgan fingerprint density at radius 3 is 2.62 bits per heavy atom. The first-order valence-electron chi connectivity index (χ1n) is 7.90. The topological polar surface area (TPSA) is 21.3 Å². The van der Waals surface area contributed by atoms with Gasteiger partial charge in [-0.1, -0.05) is 31.2 Å². The van der Waals surface area contributed by atoms with E-state index in [0.717, 1.165) is 36.9 Å². The lowest BCUT2D eigenvalue weighted by atomic mass is 10.1. The van der Waals surface area contributed by atoms with Crippen LogP contribution in [0.2, 0.25) is 0 Å². The standard InChI is InChI=1S/C19H23NO/c1-2-12-21-19-10-8-18(9-11-19)20-14-15-4-3-5-17(13-15)16-6-7-16/h3-5,8-11,13,16,20H,2,6-7,12,14H2,1H3. The second-order valence-corrected chi connectivity index (χ2v) is 5.75. The van der Waals surface area contributed by atoms with Crippen molar-refractivity contribution in [3.8, 4) is 5.75 Å². The van der Waals surface area contributed by atoms with E-state index in [1.165, 1.54) is 24.0 Å². The number of benzene rings is 2. The lowest BCUT2D eigenvalue weighted by Gasteiger charge is -2.09. The van der Waals surface area contributed by atoms with Crippen molar-refractivity contribution in [3.63, 3.8) is 0 Å². The van der Waals surface area contributed by atoms with E-state index in [4.69, 9.17) is 4.74 Å². The second kappa shape index (κ2) is 6.66. The summed E-state index contributed by atoms with van der Waals surface area (Å²) in [5.74, 6) is 1.76. The smallest absolute Gasteiger partial charge is 0.119 e. The third-order valence-corrected chi connectivity index (χ3v) is 3.82. The van der Waals surface area contributed by atoms with Crippen molar-refractivity contribution in [1.29, 1.82) is 0 Å². The van der Waals surface area contributed by atoms with Gasteiger partial charge in [-0.2, -0.15) is 0 Å². The number of ether oxygens (including phenoxy) is 1. The van der Waals surface area contributed by atoms with Crippen LogP contribution in [-0.2, 0) is 6.54 Å². The summed E-state index contributed by atoms with van der Waals surface area (Å²) < 4.78 is 5.59. The molecule has 0 saturated heterocycles. The summed E-state index contributed by atoms with van der Waals surface area (Å²) >= 11 is 0. The zero-order chi connectivity index (χ0) is 14.5. The summed E-state index contributed by atoms with van der Waals surface area (Å²) in [5, 5.41) is 3.48. The average molecular weight is 281 g/mol. The van der Waals surface area contributed by atoms with Crippen molar-refractivity contribution < 1.29 is 4.74 Å². The summed E-state index contributed by atoms with van der Waals surface area (Å²) in [4.78, 5) is 0. The van der Waals surface area contributed by atoms with Crippen LogP contribution in [0.1, 0.15) is 43.2 Å². The van der Waals surface area contributed by atoms with Gasteiger partial charge in [-0.05, 0) is 60.6 Å². The average Bonchev–Trinajstić information content (AvgIpc) is 3.37. The summed E-state index contributed by atoms with van der Waals surface area (Å²) in [6.07, 6.45) is 3.75. The zero-order valence-corrected chi connectivity index (χ0v) is 12.6.